The van der Waals surface area contributed by atoms with Gasteiger partial charge in [-0.05, 0) is 69.7 Å². The first-order valence-corrected chi connectivity index (χ1v) is 12.3. The molecule has 158 valence electrons. The number of nitrogens with one attached hydrogen (secondary N) is 2. The van der Waals surface area contributed by atoms with Gasteiger partial charge in [0.1, 0.15) is 9.77 Å². The van der Waals surface area contributed by atoms with E-state index in [-0.39, 0.29) is 15.7 Å². The Labute approximate surface area is 177 Å². The summed E-state index contributed by atoms with van der Waals surface area (Å²) in [6.07, 6.45) is 2.20. The molecule has 0 aliphatic carbocycles. The smallest absolute Gasteiger partial charge is 0.263 e. The second kappa shape index (κ2) is 9.28. The van der Waals surface area contributed by atoms with Gasteiger partial charge in [-0.25, -0.2) is 8.42 Å². The monoisotopic (exact) mass is 435 g/mol. The Bertz CT molecular complexity index is 936. The highest BCUT2D eigenvalue weighted by molar-refractivity contribution is 7.93. The van der Waals surface area contributed by atoms with Crippen molar-refractivity contribution < 1.29 is 13.2 Å². The fourth-order valence-corrected chi connectivity index (χ4v) is 5.96. The summed E-state index contributed by atoms with van der Waals surface area (Å²) in [5.41, 5.74) is 1.52. The first-order chi connectivity index (χ1) is 13.8. The van der Waals surface area contributed by atoms with E-state index in [9.17, 15) is 13.2 Å². The lowest BCUT2D eigenvalue weighted by Crippen LogP contribution is -2.43. The molecule has 0 spiro atoms. The lowest BCUT2D eigenvalue weighted by molar-refractivity contribution is 0.0924. The summed E-state index contributed by atoms with van der Waals surface area (Å²) in [4.78, 5) is 15.4. The number of likely N-dealkylation sites (tertiary alicyclic amines) is 1. The van der Waals surface area contributed by atoms with E-state index in [0.717, 1.165) is 42.8 Å². The molecule has 1 aromatic carbocycles. The highest BCUT2D eigenvalue weighted by Crippen LogP contribution is 2.25. The second-order valence-corrected chi connectivity index (χ2v) is 10.5. The summed E-state index contributed by atoms with van der Waals surface area (Å²) in [5.74, 6) is 0.0618. The van der Waals surface area contributed by atoms with Crippen LogP contribution in [0.15, 0.2) is 40.6 Å². The topological polar surface area (TPSA) is 78.5 Å². The number of nitrogens with zero attached hydrogens (tertiary/aromatic N) is 1. The number of rotatable bonds is 7. The molecule has 1 aliphatic heterocycles. The number of sulfonamides is 1. The molecular weight excluding hydrogens is 406 g/mol. The van der Waals surface area contributed by atoms with Crippen LogP contribution in [0.5, 0.6) is 0 Å². The van der Waals surface area contributed by atoms with Crippen molar-refractivity contribution in [3.05, 3.63) is 46.2 Å². The molecule has 8 heteroatoms. The van der Waals surface area contributed by atoms with E-state index in [0.29, 0.717) is 24.2 Å². The number of carbonyl (C=O) groups excluding carboxylic acids is 1. The molecule has 1 aliphatic rings. The van der Waals surface area contributed by atoms with Crippen molar-refractivity contribution in [1.82, 2.24) is 10.2 Å². The van der Waals surface area contributed by atoms with E-state index >= 15 is 0 Å². The molecule has 2 N–H and O–H groups in total. The summed E-state index contributed by atoms with van der Waals surface area (Å²) in [5, 5.41) is 4.59. The molecule has 2 heterocycles. The maximum absolute atomic E-state index is 12.8. The molecule has 1 fully saturated rings. The van der Waals surface area contributed by atoms with Crippen LogP contribution in [0.4, 0.5) is 5.69 Å². The van der Waals surface area contributed by atoms with Crippen LogP contribution >= 0.6 is 11.3 Å². The SMILES string of the molecule is Cc1ccc(NS(=O)(=O)c2ccsc2C(=O)NCC2CCCN(C(C)C)C2)cc1. The molecule has 1 saturated heterocycles. The second-order valence-electron chi connectivity index (χ2n) is 7.89. The third-order valence-corrected chi connectivity index (χ3v) is 7.73. The van der Waals surface area contributed by atoms with E-state index < -0.39 is 10.0 Å². The molecular formula is C21H29N3O3S2. The fourth-order valence-electron chi connectivity index (χ4n) is 3.56. The number of piperidine rings is 1. The Morgan fingerprint density at radius 3 is 2.66 bits per heavy atom. The average molecular weight is 436 g/mol. The third kappa shape index (κ3) is 5.58. The van der Waals surface area contributed by atoms with Crippen molar-refractivity contribution in [2.24, 2.45) is 5.92 Å². The number of aryl methyl sites for hydroxylation is 1. The van der Waals surface area contributed by atoms with E-state index in [1.807, 2.05) is 19.1 Å². The Morgan fingerprint density at radius 1 is 1.24 bits per heavy atom. The van der Waals surface area contributed by atoms with Gasteiger partial charge < -0.3 is 10.2 Å². The van der Waals surface area contributed by atoms with Crippen LogP contribution in [-0.2, 0) is 10.0 Å². The minimum absolute atomic E-state index is 0.0213. The van der Waals surface area contributed by atoms with Gasteiger partial charge in [-0.3, -0.25) is 9.52 Å². The predicted octanol–water partition coefficient (Wildman–Crippen LogP) is 3.71. The number of thiophene rings is 1. The number of benzene rings is 1. The number of carbonyl (C=O) groups is 1. The average Bonchev–Trinajstić information content (AvgIpc) is 3.19. The molecule has 1 unspecified atom stereocenters. The van der Waals surface area contributed by atoms with Crippen molar-refractivity contribution in [3.63, 3.8) is 0 Å². The molecule has 6 nitrogen and oxygen atoms in total. The van der Waals surface area contributed by atoms with Crippen LogP contribution in [0.2, 0.25) is 0 Å². The Hall–Kier alpha value is -1.90. The lowest BCUT2D eigenvalue weighted by atomic mass is 9.97. The van der Waals surface area contributed by atoms with Gasteiger partial charge in [0.25, 0.3) is 15.9 Å². The molecule has 29 heavy (non-hydrogen) atoms. The quantitative estimate of drug-likeness (QED) is 0.695. The van der Waals surface area contributed by atoms with Gasteiger partial charge in [-0.15, -0.1) is 11.3 Å². The van der Waals surface area contributed by atoms with Gasteiger partial charge >= 0.3 is 0 Å². The number of anilines is 1. The van der Waals surface area contributed by atoms with Crippen LogP contribution in [0.3, 0.4) is 0 Å². The first-order valence-electron chi connectivity index (χ1n) is 9.95. The third-order valence-electron chi connectivity index (χ3n) is 5.26. The van der Waals surface area contributed by atoms with Crippen molar-refractivity contribution in [2.75, 3.05) is 24.4 Å². The number of hydrogen-bond acceptors (Lipinski definition) is 5. The Morgan fingerprint density at radius 2 is 1.97 bits per heavy atom. The predicted molar refractivity (Wildman–Crippen MR) is 118 cm³/mol. The minimum atomic E-state index is -3.83. The van der Waals surface area contributed by atoms with Crippen molar-refractivity contribution in [2.45, 2.75) is 44.6 Å². The molecule has 0 bridgehead atoms. The van der Waals surface area contributed by atoms with Crippen LogP contribution in [-0.4, -0.2) is 44.9 Å². The standard InChI is InChI=1S/C21H29N3O3S2/c1-15(2)24-11-4-5-17(14-24)13-22-21(25)20-19(10-12-28-20)29(26,27)23-18-8-6-16(3)7-9-18/h6-10,12,15,17,23H,4-5,11,13-14H2,1-3H3,(H,22,25). The Balaban J connectivity index is 1.65. The molecule has 1 amide bonds. The van der Waals surface area contributed by atoms with Crippen molar-refractivity contribution in [1.29, 1.82) is 0 Å². The van der Waals surface area contributed by atoms with Crippen LogP contribution in [0, 0.1) is 12.8 Å². The number of amides is 1. The van der Waals surface area contributed by atoms with Gasteiger partial charge in [-0.2, -0.15) is 0 Å². The first kappa shape index (κ1) is 21.8. The summed E-state index contributed by atoms with van der Waals surface area (Å²) in [6, 6.07) is 9.07. The van der Waals surface area contributed by atoms with Crippen molar-refractivity contribution in [3.8, 4) is 0 Å². The summed E-state index contributed by atoms with van der Waals surface area (Å²) in [6.45, 7) is 8.93. The van der Waals surface area contributed by atoms with E-state index in [4.69, 9.17) is 0 Å². The molecule has 1 aromatic heterocycles. The zero-order chi connectivity index (χ0) is 21.0. The molecule has 1 atom stereocenters. The van der Waals surface area contributed by atoms with E-state index in [1.54, 1.807) is 17.5 Å². The zero-order valence-corrected chi connectivity index (χ0v) is 18.8. The van der Waals surface area contributed by atoms with Gasteiger partial charge in [0.05, 0.1) is 0 Å². The highest BCUT2D eigenvalue weighted by atomic mass is 32.2. The van der Waals surface area contributed by atoms with Crippen LogP contribution in [0.1, 0.15) is 41.9 Å². The largest absolute Gasteiger partial charge is 0.351 e. The van der Waals surface area contributed by atoms with E-state index in [2.05, 4.69) is 28.8 Å². The summed E-state index contributed by atoms with van der Waals surface area (Å²) < 4.78 is 28.2. The Kier molecular flexibility index (Phi) is 6.97. The maximum atomic E-state index is 12.8. The van der Waals surface area contributed by atoms with Gasteiger partial charge in [0.2, 0.25) is 0 Å². The zero-order valence-electron chi connectivity index (χ0n) is 17.1. The summed E-state index contributed by atoms with van der Waals surface area (Å²) in [7, 11) is -3.83. The van der Waals surface area contributed by atoms with Crippen LogP contribution < -0.4 is 10.0 Å². The van der Waals surface area contributed by atoms with Crippen LogP contribution in [0.25, 0.3) is 0 Å². The molecule has 2 aromatic rings. The maximum Gasteiger partial charge on any atom is 0.263 e. The normalized spacial score (nSPS) is 18.0. The summed E-state index contributed by atoms with van der Waals surface area (Å²) >= 11 is 1.15. The molecule has 0 saturated carbocycles. The minimum Gasteiger partial charge on any atom is -0.351 e. The van der Waals surface area contributed by atoms with Crippen molar-refractivity contribution >= 4 is 33.0 Å². The van der Waals surface area contributed by atoms with Gasteiger partial charge in [-0.1, -0.05) is 17.7 Å². The molecule has 3 rings (SSSR count). The highest BCUT2D eigenvalue weighted by Gasteiger charge is 2.26. The van der Waals surface area contributed by atoms with Gasteiger partial charge in [0, 0.05) is 24.8 Å². The fraction of sp³-hybridized carbons (Fsp3) is 0.476. The number of hydrogen-bond donors (Lipinski definition) is 2. The molecule has 0 radical (unpaired) electrons. The lowest BCUT2D eigenvalue weighted by Gasteiger charge is -2.35. The van der Waals surface area contributed by atoms with E-state index in [1.165, 1.54) is 6.07 Å². The van der Waals surface area contributed by atoms with Gasteiger partial charge in [0.15, 0.2) is 0 Å².